The van der Waals surface area contributed by atoms with Crippen molar-refractivity contribution in [1.82, 2.24) is 19.9 Å². The maximum Gasteiger partial charge on any atom is 0.417 e. The summed E-state index contributed by atoms with van der Waals surface area (Å²) in [5, 5.41) is 2.91. The summed E-state index contributed by atoms with van der Waals surface area (Å²) in [6.07, 6.45) is 0.122. The molecule has 0 aromatic carbocycles. The SMILES string of the molecule is Cc1ncn(CC(=O)NC2CCC(Oc3ccc(C(F)(F)F)cn3)CC2)c(=O)c1C. The summed E-state index contributed by atoms with van der Waals surface area (Å²) in [5.74, 6) is -0.118. The van der Waals surface area contributed by atoms with Gasteiger partial charge in [-0.25, -0.2) is 9.97 Å². The number of amides is 1. The van der Waals surface area contributed by atoms with Crippen LogP contribution in [0.3, 0.4) is 0 Å². The van der Waals surface area contributed by atoms with E-state index in [2.05, 4.69) is 15.3 Å². The van der Waals surface area contributed by atoms with Gasteiger partial charge in [-0.05, 0) is 45.6 Å². The first-order valence-corrected chi connectivity index (χ1v) is 9.65. The van der Waals surface area contributed by atoms with Gasteiger partial charge in [0.05, 0.1) is 11.9 Å². The van der Waals surface area contributed by atoms with Crippen molar-refractivity contribution >= 4 is 5.91 Å². The highest BCUT2D eigenvalue weighted by molar-refractivity contribution is 5.76. The summed E-state index contributed by atoms with van der Waals surface area (Å²) >= 11 is 0. The van der Waals surface area contributed by atoms with Crippen LogP contribution in [-0.4, -0.2) is 32.6 Å². The zero-order valence-corrected chi connectivity index (χ0v) is 16.7. The molecular formula is C20H23F3N4O3. The van der Waals surface area contributed by atoms with E-state index in [-0.39, 0.29) is 36.0 Å². The van der Waals surface area contributed by atoms with Crippen molar-refractivity contribution in [3.8, 4) is 5.88 Å². The lowest BCUT2D eigenvalue weighted by Gasteiger charge is -2.29. The molecule has 1 N–H and O–H groups in total. The zero-order valence-electron chi connectivity index (χ0n) is 16.7. The molecule has 2 aromatic rings. The standard InChI is InChI=1S/C20H23F3N4O3/c1-12-13(2)25-11-27(19(12)29)10-17(28)26-15-4-6-16(7-5-15)30-18-8-3-14(9-24-18)20(21,22)23/h3,8-9,11,15-16H,4-7,10H2,1-2H3,(H,26,28). The lowest BCUT2D eigenvalue weighted by molar-refractivity contribution is -0.137. The van der Waals surface area contributed by atoms with E-state index in [9.17, 15) is 22.8 Å². The van der Waals surface area contributed by atoms with Gasteiger partial charge in [-0.2, -0.15) is 13.2 Å². The molecule has 1 amide bonds. The van der Waals surface area contributed by atoms with Crippen molar-refractivity contribution in [2.75, 3.05) is 0 Å². The number of hydrogen-bond acceptors (Lipinski definition) is 5. The molecule has 0 radical (unpaired) electrons. The number of halogens is 3. The second-order valence-corrected chi connectivity index (χ2v) is 7.43. The predicted octanol–water partition coefficient (Wildman–Crippen LogP) is 2.78. The molecular weight excluding hydrogens is 401 g/mol. The summed E-state index contributed by atoms with van der Waals surface area (Å²) < 4.78 is 44.7. The molecule has 0 atom stereocenters. The topological polar surface area (TPSA) is 86.1 Å². The summed E-state index contributed by atoms with van der Waals surface area (Å²) in [6.45, 7) is 3.31. The molecule has 0 unspecified atom stereocenters. The Morgan fingerprint density at radius 2 is 1.90 bits per heavy atom. The van der Waals surface area contributed by atoms with Gasteiger partial charge in [0, 0.05) is 29.6 Å². The number of ether oxygens (including phenoxy) is 1. The Hall–Kier alpha value is -2.91. The molecule has 0 saturated heterocycles. The molecule has 30 heavy (non-hydrogen) atoms. The molecule has 0 bridgehead atoms. The fourth-order valence-electron chi connectivity index (χ4n) is 3.33. The van der Waals surface area contributed by atoms with Crippen molar-refractivity contribution in [1.29, 1.82) is 0 Å². The molecule has 2 heterocycles. The largest absolute Gasteiger partial charge is 0.474 e. The number of aromatic nitrogens is 3. The van der Waals surface area contributed by atoms with Crippen LogP contribution in [0.4, 0.5) is 13.2 Å². The summed E-state index contributed by atoms with van der Waals surface area (Å²) in [4.78, 5) is 32.3. The van der Waals surface area contributed by atoms with E-state index in [0.717, 1.165) is 12.3 Å². The van der Waals surface area contributed by atoms with Crippen LogP contribution in [0.25, 0.3) is 0 Å². The van der Waals surface area contributed by atoms with Gasteiger partial charge < -0.3 is 10.1 Å². The van der Waals surface area contributed by atoms with Gasteiger partial charge in [-0.3, -0.25) is 14.2 Å². The number of carbonyl (C=O) groups excluding carboxylic acids is 1. The number of hydrogen-bond donors (Lipinski definition) is 1. The Kier molecular flexibility index (Phi) is 6.42. The van der Waals surface area contributed by atoms with Crippen molar-refractivity contribution in [3.05, 3.63) is 51.8 Å². The molecule has 1 aliphatic carbocycles. The normalized spacial score (nSPS) is 19.4. The highest BCUT2D eigenvalue weighted by atomic mass is 19.4. The van der Waals surface area contributed by atoms with Crippen molar-refractivity contribution < 1.29 is 22.7 Å². The summed E-state index contributed by atoms with van der Waals surface area (Å²) in [6, 6.07) is 2.11. The van der Waals surface area contributed by atoms with Crippen LogP contribution < -0.4 is 15.6 Å². The van der Waals surface area contributed by atoms with Crippen molar-refractivity contribution in [2.45, 2.75) is 64.4 Å². The molecule has 1 saturated carbocycles. The van der Waals surface area contributed by atoms with E-state index in [0.29, 0.717) is 36.9 Å². The fraction of sp³-hybridized carbons (Fsp3) is 0.500. The number of pyridine rings is 1. The van der Waals surface area contributed by atoms with Gasteiger partial charge in [0.2, 0.25) is 11.8 Å². The maximum atomic E-state index is 12.6. The van der Waals surface area contributed by atoms with Crippen LogP contribution in [0.15, 0.2) is 29.5 Å². The molecule has 2 aromatic heterocycles. The summed E-state index contributed by atoms with van der Waals surface area (Å²) in [7, 11) is 0. The monoisotopic (exact) mass is 424 g/mol. The van der Waals surface area contributed by atoms with Crippen LogP contribution in [-0.2, 0) is 17.5 Å². The molecule has 7 nitrogen and oxygen atoms in total. The smallest absolute Gasteiger partial charge is 0.417 e. The Morgan fingerprint density at radius 3 is 2.50 bits per heavy atom. The average Bonchev–Trinajstić information content (AvgIpc) is 2.70. The van der Waals surface area contributed by atoms with E-state index in [1.807, 2.05) is 0 Å². The first-order chi connectivity index (χ1) is 14.1. The Bertz CT molecular complexity index is 949. The number of nitrogens with one attached hydrogen (secondary N) is 1. The first kappa shape index (κ1) is 21.8. The zero-order chi connectivity index (χ0) is 21.9. The molecule has 0 spiro atoms. The number of alkyl halides is 3. The number of nitrogens with zero attached hydrogens (tertiary/aromatic N) is 3. The third-order valence-electron chi connectivity index (χ3n) is 5.22. The van der Waals surface area contributed by atoms with Crippen LogP contribution in [0, 0.1) is 13.8 Å². The van der Waals surface area contributed by atoms with Crippen molar-refractivity contribution in [3.63, 3.8) is 0 Å². The predicted molar refractivity (Wildman–Crippen MR) is 102 cm³/mol. The van der Waals surface area contributed by atoms with E-state index in [4.69, 9.17) is 4.74 Å². The molecule has 10 heteroatoms. The third kappa shape index (κ3) is 5.37. The molecule has 162 valence electrons. The first-order valence-electron chi connectivity index (χ1n) is 9.65. The third-order valence-corrected chi connectivity index (χ3v) is 5.22. The number of aryl methyl sites for hydroxylation is 1. The van der Waals surface area contributed by atoms with Gasteiger partial charge in [-0.1, -0.05) is 0 Å². The fourth-order valence-corrected chi connectivity index (χ4v) is 3.33. The van der Waals surface area contributed by atoms with E-state index in [1.54, 1.807) is 13.8 Å². The Balaban J connectivity index is 1.47. The number of carbonyl (C=O) groups is 1. The van der Waals surface area contributed by atoms with Gasteiger partial charge >= 0.3 is 6.18 Å². The lowest BCUT2D eigenvalue weighted by atomic mass is 9.93. The second-order valence-electron chi connectivity index (χ2n) is 7.43. The van der Waals surface area contributed by atoms with Crippen LogP contribution >= 0.6 is 0 Å². The highest BCUT2D eigenvalue weighted by Gasteiger charge is 2.31. The minimum absolute atomic E-state index is 0.0480. The minimum Gasteiger partial charge on any atom is -0.474 e. The van der Waals surface area contributed by atoms with Crippen LogP contribution in [0.5, 0.6) is 5.88 Å². The van der Waals surface area contributed by atoms with Gasteiger partial charge in [0.25, 0.3) is 5.56 Å². The van der Waals surface area contributed by atoms with Gasteiger partial charge in [0.15, 0.2) is 0 Å². The van der Waals surface area contributed by atoms with E-state index < -0.39 is 11.7 Å². The van der Waals surface area contributed by atoms with Gasteiger partial charge in [0.1, 0.15) is 12.6 Å². The molecule has 1 aliphatic rings. The Labute approximate surface area is 171 Å². The average molecular weight is 424 g/mol. The second kappa shape index (κ2) is 8.85. The van der Waals surface area contributed by atoms with E-state index >= 15 is 0 Å². The quantitative estimate of drug-likeness (QED) is 0.798. The molecule has 0 aliphatic heterocycles. The minimum atomic E-state index is -4.43. The van der Waals surface area contributed by atoms with Gasteiger partial charge in [-0.15, -0.1) is 0 Å². The highest BCUT2D eigenvalue weighted by Crippen LogP contribution is 2.30. The van der Waals surface area contributed by atoms with Crippen molar-refractivity contribution in [2.24, 2.45) is 0 Å². The summed E-state index contributed by atoms with van der Waals surface area (Å²) in [5.41, 5.74) is 0.0931. The molecule has 3 rings (SSSR count). The Morgan fingerprint density at radius 1 is 1.20 bits per heavy atom. The van der Waals surface area contributed by atoms with Crippen LogP contribution in [0.1, 0.15) is 42.5 Å². The maximum absolute atomic E-state index is 12.6. The lowest BCUT2D eigenvalue weighted by Crippen LogP contribution is -2.42. The number of rotatable bonds is 5. The van der Waals surface area contributed by atoms with Crippen LogP contribution in [0.2, 0.25) is 0 Å². The van der Waals surface area contributed by atoms with E-state index in [1.165, 1.54) is 17.0 Å². The molecule has 1 fully saturated rings.